The molecule has 0 atom stereocenters. The molecular formula is C15H17ClN2S. The molecule has 0 unspecified atom stereocenters. The van der Waals surface area contributed by atoms with Gasteiger partial charge < -0.3 is 0 Å². The van der Waals surface area contributed by atoms with Crippen molar-refractivity contribution in [2.75, 3.05) is 5.75 Å². The molecule has 19 heavy (non-hydrogen) atoms. The fourth-order valence-electron chi connectivity index (χ4n) is 1.78. The summed E-state index contributed by atoms with van der Waals surface area (Å²) in [6, 6.07) is 10.1. The van der Waals surface area contributed by atoms with E-state index in [1.54, 1.807) is 0 Å². The Morgan fingerprint density at radius 1 is 1.16 bits per heavy atom. The number of hydrogen-bond acceptors (Lipinski definition) is 3. The highest BCUT2D eigenvalue weighted by Gasteiger charge is 2.10. The quantitative estimate of drug-likeness (QED) is 0.587. The second-order valence-electron chi connectivity index (χ2n) is 4.32. The molecule has 2 aromatic rings. The van der Waals surface area contributed by atoms with Crippen LogP contribution in [0.15, 0.2) is 30.3 Å². The maximum atomic E-state index is 6.22. The van der Waals surface area contributed by atoms with Gasteiger partial charge in [0.1, 0.15) is 11.0 Å². The van der Waals surface area contributed by atoms with Crippen LogP contribution in [0.25, 0.3) is 11.3 Å². The number of hydrogen-bond donors (Lipinski definition) is 0. The van der Waals surface area contributed by atoms with E-state index in [0.717, 1.165) is 40.6 Å². The first kappa shape index (κ1) is 14.4. The lowest BCUT2D eigenvalue weighted by Crippen LogP contribution is -2.00. The van der Waals surface area contributed by atoms with Crippen LogP contribution in [0.1, 0.15) is 24.7 Å². The number of nitrogens with zero attached hydrogens (tertiary/aromatic N) is 2. The lowest BCUT2D eigenvalue weighted by molar-refractivity contribution is 1.02. The highest BCUT2D eigenvalue weighted by atomic mass is 35.5. The maximum Gasteiger partial charge on any atom is 0.140 e. The van der Waals surface area contributed by atoms with Crippen LogP contribution in [0.5, 0.6) is 0 Å². The van der Waals surface area contributed by atoms with Gasteiger partial charge in [0, 0.05) is 11.1 Å². The van der Waals surface area contributed by atoms with Crippen molar-refractivity contribution in [3.05, 3.63) is 46.9 Å². The standard InChI is InChI=1S/C15H17ClN2S/c1-3-9-19-10-13-17-14(11(2)15(16)18-13)12-7-5-4-6-8-12/h4-8H,3,9-10H2,1-2H3. The number of halogens is 1. The van der Waals surface area contributed by atoms with Gasteiger partial charge in [-0.05, 0) is 19.1 Å². The second kappa shape index (κ2) is 6.92. The van der Waals surface area contributed by atoms with E-state index in [0.29, 0.717) is 5.15 Å². The summed E-state index contributed by atoms with van der Waals surface area (Å²) >= 11 is 8.06. The van der Waals surface area contributed by atoms with Gasteiger partial charge in [-0.3, -0.25) is 0 Å². The molecule has 0 aliphatic carbocycles. The first-order valence-electron chi connectivity index (χ1n) is 6.38. The van der Waals surface area contributed by atoms with E-state index in [4.69, 9.17) is 11.6 Å². The predicted octanol–water partition coefficient (Wildman–Crippen LogP) is 4.75. The van der Waals surface area contributed by atoms with Crippen LogP contribution in [0.4, 0.5) is 0 Å². The summed E-state index contributed by atoms with van der Waals surface area (Å²) in [5.41, 5.74) is 2.97. The van der Waals surface area contributed by atoms with E-state index >= 15 is 0 Å². The van der Waals surface area contributed by atoms with Gasteiger partial charge in [0.15, 0.2) is 0 Å². The van der Waals surface area contributed by atoms with Crippen LogP contribution in [-0.4, -0.2) is 15.7 Å². The molecule has 0 amide bonds. The first-order valence-corrected chi connectivity index (χ1v) is 7.91. The Morgan fingerprint density at radius 2 is 1.89 bits per heavy atom. The third kappa shape index (κ3) is 3.71. The van der Waals surface area contributed by atoms with E-state index in [9.17, 15) is 0 Å². The van der Waals surface area contributed by atoms with Crippen molar-refractivity contribution in [3.63, 3.8) is 0 Å². The number of benzene rings is 1. The predicted molar refractivity (Wildman–Crippen MR) is 83.7 cm³/mol. The first-order chi connectivity index (χ1) is 9.22. The molecule has 0 bridgehead atoms. The second-order valence-corrected chi connectivity index (χ2v) is 5.79. The van der Waals surface area contributed by atoms with Gasteiger partial charge in [0.05, 0.1) is 11.4 Å². The van der Waals surface area contributed by atoms with Gasteiger partial charge in [-0.15, -0.1) is 0 Å². The van der Waals surface area contributed by atoms with Crippen molar-refractivity contribution >= 4 is 23.4 Å². The molecule has 0 fully saturated rings. The average molecular weight is 293 g/mol. The van der Waals surface area contributed by atoms with E-state index < -0.39 is 0 Å². The molecule has 0 radical (unpaired) electrons. The zero-order valence-corrected chi connectivity index (χ0v) is 12.8. The fraction of sp³-hybridized carbons (Fsp3) is 0.333. The van der Waals surface area contributed by atoms with Crippen LogP contribution in [-0.2, 0) is 5.75 Å². The zero-order valence-electron chi connectivity index (χ0n) is 11.2. The molecule has 0 N–H and O–H groups in total. The molecule has 1 aromatic heterocycles. The van der Waals surface area contributed by atoms with Crippen molar-refractivity contribution in [1.29, 1.82) is 0 Å². The van der Waals surface area contributed by atoms with Gasteiger partial charge in [-0.2, -0.15) is 11.8 Å². The Morgan fingerprint density at radius 3 is 2.58 bits per heavy atom. The van der Waals surface area contributed by atoms with Gasteiger partial charge in [-0.1, -0.05) is 48.9 Å². The monoisotopic (exact) mass is 292 g/mol. The van der Waals surface area contributed by atoms with Gasteiger partial charge in [-0.25, -0.2) is 9.97 Å². The molecule has 1 aromatic carbocycles. The molecule has 0 spiro atoms. The van der Waals surface area contributed by atoms with Crippen LogP contribution >= 0.6 is 23.4 Å². The highest BCUT2D eigenvalue weighted by Crippen LogP contribution is 2.26. The molecule has 100 valence electrons. The highest BCUT2D eigenvalue weighted by molar-refractivity contribution is 7.98. The molecule has 0 aliphatic heterocycles. The largest absolute Gasteiger partial charge is 0.232 e. The molecule has 1 heterocycles. The van der Waals surface area contributed by atoms with Gasteiger partial charge >= 0.3 is 0 Å². The van der Waals surface area contributed by atoms with Crippen LogP contribution in [0, 0.1) is 6.92 Å². The van der Waals surface area contributed by atoms with Gasteiger partial charge in [0.2, 0.25) is 0 Å². The van der Waals surface area contributed by atoms with Gasteiger partial charge in [0.25, 0.3) is 0 Å². The van der Waals surface area contributed by atoms with E-state index in [1.165, 1.54) is 0 Å². The number of aromatic nitrogens is 2. The molecule has 4 heteroatoms. The number of thioether (sulfide) groups is 1. The van der Waals surface area contributed by atoms with Crippen molar-refractivity contribution < 1.29 is 0 Å². The molecule has 2 rings (SSSR count). The summed E-state index contributed by atoms with van der Waals surface area (Å²) in [6.45, 7) is 4.14. The fourth-order valence-corrected chi connectivity index (χ4v) is 2.71. The van der Waals surface area contributed by atoms with Crippen LogP contribution in [0.2, 0.25) is 5.15 Å². The maximum absolute atomic E-state index is 6.22. The normalized spacial score (nSPS) is 10.7. The summed E-state index contributed by atoms with van der Waals surface area (Å²) in [4.78, 5) is 9.02. The Labute approximate surface area is 123 Å². The molecule has 2 nitrogen and oxygen atoms in total. The smallest absolute Gasteiger partial charge is 0.140 e. The van der Waals surface area contributed by atoms with Crippen molar-refractivity contribution in [2.24, 2.45) is 0 Å². The summed E-state index contributed by atoms with van der Waals surface area (Å²) < 4.78 is 0. The third-order valence-electron chi connectivity index (χ3n) is 2.76. The minimum atomic E-state index is 0.556. The SMILES string of the molecule is CCCSCc1nc(Cl)c(C)c(-c2ccccc2)n1. The Kier molecular flexibility index (Phi) is 5.23. The van der Waals surface area contributed by atoms with E-state index in [-0.39, 0.29) is 0 Å². The lowest BCUT2D eigenvalue weighted by Gasteiger charge is -2.09. The minimum Gasteiger partial charge on any atom is -0.232 e. The van der Waals surface area contributed by atoms with Crippen LogP contribution in [0.3, 0.4) is 0 Å². The van der Waals surface area contributed by atoms with Crippen LogP contribution < -0.4 is 0 Å². The van der Waals surface area contributed by atoms with E-state index in [2.05, 4.69) is 29.0 Å². The number of rotatable bonds is 5. The summed E-state index contributed by atoms with van der Waals surface area (Å²) in [6.07, 6.45) is 1.16. The Hall–Kier alpha value is -1.06. The molecule has 0 saturated carbocycles. The van der Waals surface area contributed by atoms with Crippen molar-refractivity contribution in [1.82, 2.24) is 9.97 Å². The zero-order chi connectivity index (χ0) is 13.7. The molecule has 0 saturated heterocycles. The third-order valence-corrected chi connectivity index (χ3v) is 4.29. The van der Waals surface area contributed by atoms with Crippen molar-refractivity contribution in [3.8, 4) is 11.3 Å². The molecule has 0 aliphatic rings. The summed E-state index contributed by atoms with van der Waals surface area (Å²) in [7, 11) is 0. The Bertz CT molecular complexity index is 543. The molecular weight excluding hydrogens is 276 g/mol. The van der Waals surface area contributed by atoms with Crippen molar-refractivity contribution in [2.45, 2.75) is 26.0 Å². The van der Waals surface area contributed by atoms with E-state index in [1.807, 2.05) is 36.9 Å². The minimum absolute atomic E-state index is 0.556. The summed E-state index contributed by atoms with van der Waals surface area (Å²) in [5.74, 6) is 2.75. The topological polar surface area (TPSA) is 25.8 Å². The Balaban J connectivity index is 2.32. The lowest BCUT2D eigenvalue weighted by atomic mass is 10.1. The average Bonchev–Trinajstić information content (AvgIpc) is 2.44. The summed E-state index contributed by atoms with van der Waals surface area (Å²) in [5, 5.41) is 0.556.